The van der Waals surface area contributed by atoms with E-state index in [-0.39, 0.29) is 10.5 Å². The molecule has 28 heavy (non-hydrogen) atoms. The van der Waals surface area contributed by atoms with Crippen LogP contribution in [-0.4, -0.2) is 19.9 Å². The summed E-state index contributed by atoms with van der Waals surface area (Å²) in [5.74, 6) is -0.434. The Balaban J connectivity index is 1.80. The molecular formula is C21H23N3O3S. The van der Waals surface area contributed by atoms with E-state index in [9.17, 15) is 18.5 Å². The topological polar surface area (TPSA) is 99.1 Å². The van der Waals surface area contributed by atoms with Crippen molar-refractivity contribution in [3.05, 3.63) is 59.7 Å². The van der Waals surface area contributed by atoms with Gasteiger partial charge in [0.05, 0.1) is 11.0 Å². The molecular weight excluding hydrogens is 374 g/mol. The second kappa shape index (κ2) is 8.03. The number of amides is 1. The van der Waals surface area contributed by atoms with E-state index < -0.39 is 21.5 Å². The maximum atomic E-state index is 12.7. The Labute approximate surface area is 165 Å². The third kappa shape index (κ3) is 4.52. The van der Waals surface area contributed by atoms with Crippen molar-refractivity contribution in [2.45, 2.75) is 49.5 Å². The van der Waals surface area contributed by atoms with Gasteiger partial charge in [0.15, 0.2) is 0 Å². The zero-order valence-corrected chi connectivity index (χ0v) is 16.6. The SMILES string of the molecule is Cc1ccc(NS(=O)(=O)c2cccc(C(=O)NC3(C#N)CCCCC3)c2)cc1. The molecule has 0 heterocycles. The normalized spacial score (nSPS) is 16.0. The summed E-state index contributed by atoms with van der Waals surface area (Å²) >= 11 is 0. The van der Waals surface area contributed by atoms with Crippen LogP contribution in [0.25, 0.3) is 0 Å². The second-order valence-electron chi connectivity index (χ2n) is 7.21. The number of hydrogen-bond donors (Lipinski definition) is 2. The molecule has 0 radical (unpaired) electrons. The smallest absolute Gasteiger partial charge is 0.261 e. The van der Waals surface area contributed by atoms with Crippen LogP contribution in [-0.2, 0) is 10.0 Å². The lowest BCUT2D eigenvalue weighted by molar-refractivity contribution is 0.0902. The van der Waals surface area contributed by atoms with Gasteiger partial charge in [-0.25, -0.2) is 8.42 Å². The summed E-state index contributed by atoms with van der Waals surface area (Å²) in [7, 11) is -3.83. The van der Waals surface area contributed by atoms with Crippen molar-refractivity contribution in [1.29, 1.82) is 5.26 Å². The number of carbonyl (C=O) groups excluding carboxylic acids is 1. The molecule has 0 aliphatic heterocycles. The summed E-state index contributed by atoms with van der Waals surface area (Å²) in [4.78, 5) is 12.7. The number of benzene rings is 2. The van der Waals surface area contributed by atoms with Crippen LogP contribution in [0.1, 0.15) is 48.0 Å². The molecule has 146 valence electrons. The Morgan fingerprint density at radius 2 is 1.75 bits per heavy atom. The summed E-state index contributed by atoms with van der Waals surface area (Å²) in [5, 5.41) is 12.4. The zero-order chi connectivity index (χ0) is 20.2. The van der Waals surface area contributed by atoms with Gasteiger partial charge in [-0.15, -0.1) is 0 Å². The fourth-order valence-electron chi connectivity index (χ4n) is 3.35. The summed E-state index contributed by atoms with van der Waals surface area (Å²) in [6, 6.07) is 15.1. The molecule has 0 spiro atoms. The van der Waals surface area contributed by atoms with Crippen LogP contribution in [0.4, 0.5) is 5.69 Å². The number of nitriles is 1. The summed E-state index contributed by atoms with van der Waals surface area (Å²) in [5.41, 5.74) is 0.818. The van der Waals surface area contributed by atoms with E-state index in [1.165, 1.54) is 18.2 Å². The van der Waals surface area contributed by atoms with E-state index in [0.29, 0.717) is 18.5 Å². The largest absolute Gasteiger partial charge is 0.334 e. The number of rotatable bonds is 5. The van der Waals surface area contributed by atoms with Crippen LogP contribution in [0, 0.1) is 18.3 Å². The molecule has 2 aromatic rings. The van der Waals surface area contributed by atoms with Crippen LogP contribution in [0.3, 0.4) is 0 Å². The van der Waals surface area contributed by atoms with E-state index in [1.54, 1.807) is 18.2 Å². The average Bonchev–Trinajstić information content (AvgIpc) is 2.70. The highest BCUT2D eigenvalue weighted by Crippen LogP contribution is 2.28. The molecule has 7 heteroatoms. The van der Waals surface area contributed by atoms with Crippen molar-refractivity contribution < 1.29 is 13.2 Å². The molecule has 6 nitrogen and oxygen atoms in total. The second-order valence-corrected chi connectivity index (χ2v) is 8.89. The van der Waals surface area contributed by atoms with Crippen molar-refractivity contribution in [2.75, 3.05) is 4.72 Å². The lowest BCUT2D eigenvalue weighted by Crippen LogP contribution is -2.48. The fraction of sp³-hybridized carbons (Fsp3) is 0.333. The van der Waals surface area contributed by atoms with Gasteiger partial charge in [-0.3, -0.25) is 9.52 Å². The lowest BCUT2D eigenvalue weighted by Gasteiger charge is -2.31. The molecule has 0 saturated heterocycles. The third-order valence-electron chi connectivity index (χ3n) is 4.98. The van der Waals surface area contributed by atoms with Crippen LogP contribution in [0.15, 0.2) is 53.4 Å². The molecule has 2 aromatic carbocycles. The first-order valence-corrected chi connectivity index (χ1v) is 10.8. The number of hydrogen-bond acceptors (Lipinski definition) is 4. The number of nitrogens with zero attached hydrogens (tertiary/aromatic N) is 1. The van der Waals surface area contributed by atoms with Gasteiger partial charge in [0.1, 0.15) is 5.54 Å². The first-order chi connectivity index (χ1) is 13.3. The maximum Gasteiger partial charge on any atom is 0.261 e. The Morgan fingerprint density at radius 1 is 1.07 bits per heavy atom. The first kappa shape index (κ1) is 19.9. The van der Waals surface area contributed by atoms with E-state index in [2.05, 4.69) is 16.1 Å². The Kier molecular flexibility index (Phi) is 5.71. The summed E-state index contributed by atoms with van der Waals surface area (Å²) in [6.45, 7) is 1.92. The fourth-order valence-corrected chi connectivity index (χ4v) is 4.45. The predicted molar refractivity (Wildman–Crippen MR) is 107 cm³/mol. The molecule has 1 aliphatic carbocycles. The van der Waals surface area contributed by atoms with Gasteiger partial charge < -0.3 is 5.32 Å². The number of nitrogens with one attached hydrogen (secondary N) is 2. The predicted octanol–water partition coefficient (Wildman–Crippen LogP) is 3.75. The van der Waals surface area contributed by atoms with Gasteiger partial charge in [0.25, 0.3) is 15.9 Å². The quantitative estimate of drug-likeness (QED) is 0.802. The number of aryl methyl sites for hydroxylation is 1. The minimum Gasteiger partial charge on any atom is -0.334 e. The molecule has 2 N–H and O–H groups in total. The van der Waals surface area contributed by atoms with Crippen LogP contribution in [0.2, 0.25) is 0 Å². The minimum absolute atomic E-state index is 0.00428. The molecule has 0 atom stereocenters. The third-order valence-corrected chi connectivity index (χ3v) is 6.36. The number of carbonyl (C=O) groups is 1. The average molecular weight is 398 g/mol. The Morgan fingerprint density at radius 3 is 2.39 bits per heavy atom. The first-order valence-electron chi connectivity index (χ1n) is 9.27. The van der Waals surface area contributed by atoms with Gasteiger partial charge in [-0.1, -0.05) is 43.0 Å². The highest BCUT2D eigenvalue weighted by Gasteiger charge is 2.34. The molecule has 1 aliphatic rings. The lowest BCUT2D eigenvalue weighted by atomic mass is 9.82. The van der Waals surface area contributed by atoms with Crippen molar-refractivity contribution in [3.8, 4) is 6.07 Å². The van der Waals surface area contributed by atoms with Gasteiger partial charge in [-0.05, 0) is 50.1 Å². The monoisotopic (exact) mass is 397 g/mol. The van der Waals surface area contributed by atoms with Gasteiger partial charge in [0.2, 0.25) is 0 Å². The van der Waals surface area contributed by atoms with Crippen LogP contribution >= 0.6 is 0 Å². The van der Waals surface area contributed by atoms with Crippen molar-refractivity contribution in [2.24, 2.45) is 0 Å². The van der Waals surface area contributed by atoms with Crippen LogP contribution in [0.5, 0.6) is 0 Å². The molecule has 1 fully saturated rings. The Hall–Kier alpha value is -2.85. The standard InChI is InChI=1S/C21H23N3O3S/c1-16-8-10-18(11-9-16)24-28(26,27)19-7-5-6-17(14-19)20(25)23-21(15-22)12-3-2-4-13-21/h5-11,14,24H,2-4,12-13H2,1H3,(H,23,25). The van der Waals surface area contributed by atoms with Crippen molar-refractivity contribution in [1.82, 2.24) is 5.32 Å². The highest BCUT2D eigenvalue weighted by molar-refractivity contribution is 7.92. The molecule has 1 saturated carbocycles. The van der Waals surface area contributed by atoms with Crippen LogP contribution < -0.4 is 10.0 Å². The highest BCUT2D eigenvalue weighted by atomic mass is 32.2. The van der Waals surface area contributed by atoms with E-state index >= 15 is 0 Å². The maximum absolute atomic E-state index is 12.7. The molecule has 0 unspecified atom stereocenters. The molecule has 3 rings (SSSR count). The van der Waals surface area contributed by atoms with Gasteiger partial charge in [0, 0.05) is 11.3 Å². The van der Waals surface area contributed by atoms with Gasteiger partial charge >= 0.3 is 0 Å². The van der Waals surface area contributed by atoms with Crippen molar-refractivity contribution >= 4 is 21.6 Å². The summed E-state index contributed by atoms with van der Waals surface area (Å²) < 4.78 is 27.9. The molecule has 0 bridgehead atoms. The molecule has 0 aromatic heterocycles. The zero-order valence-electron chi connectivity index (χ0n) is 15.7. The van der Waals surface area contributed by atoms with Crippen molar-refractivity contribution in [3.63, 3.8) is 0 Å². The number of anilines is 1. The van der Waals surface area contributed by atoms with E-state index in [1.807, 2.05) is 19.1 Å². The van der Waals surface area contributed by atoms with E-state index in [0.717, 1.165) is 24.8 Å². The Bertz CT molecular complexity index is 1000. The van der Waals surface area contributed by atoms with Gasteiger partial charge in [-0.2, -0.15) is 5.26 Å². The minimum atomic E-state index is -3.83. The van der Waals surface area contributed by atoms with E-state index in [4.69, 9.17) is 0 Å². The summed E-state index contributed by atoms with van der Waals surface area (Å²) in [6.07, 6.45) is 4.06. The molecule has 1 amide bonds. The number of sulfonamides is 1.